The first-order valence-corrected chi connectivity index (χ1v) is 3.79. The first-order chi connectivity index (χ1) is 5.24. The van der Waals surface area contributed by atoms with Crippen molar-refractivity contribution >= 4 is 22.3 Å². The monoisotopic (exact) mass is 172 g/mol. The number of carbonyl (C=O) groups is 1. The molecule has 11 heavy (non-hydrogen) atoms. The molecule has 60 valence electrons. The van der Waals surface area contributed by atoms with Gasteiger partial charge in [-0.25, -0.2) is 4.98 Å². The summed E-state index contributed by atoms with van der Waals surface area (Å²) >= 11 is 1.17. The van der Waals surface area contributed by atoms with Crippen molar-refractivity contribution in [1.82, 2.24) is 4.98 Å². The number of ketones is 1. The van der Waals surface area contributed by atoms with Crippen molar-refractivity contribution in [3.05, 3.63) is 11.1 Å². The minimum atomic E-state index is -0.0818. The maximum Gasteiger partial charge on any atom is 0.200 e. The lowest BCUT2D eigenvalue weighted by molar-refractivity contribution is 0.0852. The molecule has 0 aliphatic carbocycles. The largest absolute Gasteiger partial charge is 0.376 e. The quantitative estimate of drug-likeness (QED) is 0.676. The minimum Gasteiger partial charge on any atom is -0.376 e. The molecule has 0 atom stereocenters. The standard InChI is InChI=1S/C6H8N2O2S/c1-10-3-4(9)5-2-8-6(7)11-5/h2H,3H2,1H3,(H2,7,8). The third-order valence-corrected chi connectivity index (χ3v) is 1.94. The highest BCUT2D eigenvalue weighted by Crippen LogP contribution is 2.14. The smallest absolute Gasteiger partial charge is 0.200 e. The number of ether oxygens (including phenoxy) is 1. The summed E-state index contributed by atoms with van der Waals surface area (Å²) in [6.07, 6.45) is 1.46. The Kier molecular flexibility index (Phi) is 2.56. The van der Waals surface area contributed by atoms with Crippen molar-refractivity contribution in [2.75, 3.05) is 19.5 Å². The zero-order valence-electron chi connectivity index (χ0n) is 6.03. The molecule has 0 radical (unpaired) electrons. The first kappa shape index (κ1) is 8.16. The average Bonchev–Trinajstić information content (AvgIpc) is 2.36. The molecule has 0 aliphatic heterocycles. The predicted octanol–water partition coefficient (Wildman–Crippen LogP) is 0.554. The molecular weight excluding hydrogens is 164 g/mol. The van der Waals surface area contributed by atoms with Gasteiger partial charge in [0.2, 0.25) is 0 Å². The van der Waals surface area contributed by atoms with Crippen LogP contribution in [0.15, 0.2) is 6.20 Å². The van der Waals surface area contributed by atoms with E-state index in [2.05, 4.69) is 9.72 Å². The third-order valence-electron chi connectivity index (χ3n) is 1.07. The van der Waals surface area contributed by atoms with Gasteiger partial charge in [-0.2, -0.15) is 0 Å². The van der Waals surface area contributed by atoms with Crippen molar-refractivity contribution < 1.29 is 9.53 Å². The van der Waals surface area contributed by atoms with Gasteiger partial charge in [-0.15, -0.1) is 0 Å². The number of hydrogen-bond acceptors (Lipinski definition) is 5. The van der Waals surface area contributed by atoms with Gasteiger partial charge in [0.05, 0.1) is 11.1 Å². The van der Waals surface area contributed by atoms with E-state index in [0.29, 0.717) is 10.0 Å². The Bertz CT molecular complexity index is 259. The normalized spacial score (nSPS) is 9.91. The van der Waals surface area contributed by atoms with Crippen LogP contribution in [0, 0.1) is 0 Å². The Labute approximate surface area is 68.0 Å². The van der Waals surface area contributed by atoms with Gasteiger partial charge in [0, 0.05) is 7.11 Å². The molecule has 5 heteroatoms. The summed E-state index contributed by atoms with van der Waals surface area (Å²) in [6.45, 7) is 0.0850. The number of thiazole rings is 1. The molecule has 1 aromatic heterocycles. The van der Waals surface area contributed by atoms with E-state index in [4.69, 9.17) is 5.73 Å². The molecule has 1 aromatic rings. The highest BCUT2D eigenvalue weighted by molar-refractivity contribution is 7.17. The number of methoxy groups -OCH3 is 1. The molecule has 1 heterocycles. The van der Waals surface area contributed by atoms with Crippen LogP contribution in [0.3, 0.4) is 0 Å². The van der Waals surface area contributed by atoms with Crippen LogP contribution in [-0.4, -0.2) is 24.5 Å². The number of nitrogens with zero attached hydrogens (tertiary/aromatic N) is 1. The van der Waals surface area contributed by atoms with E-state index in [-0.39, 0.29) is 12.4 Å². The summed E-state index contributed by atoms with van der Waals surface area (Å²) in [5.41, 5.74) is 5.33. The number of nitrogen functional groups attached to an aromatic ring is 1. The summed E-state index contributed by atoms with van der Waals surface area (Å²) in [6, 6.07) is 0. The fraction of sp³-hybridized carbons (Fsp3) is 0.333. The summed E-state index contributed by atoms with van der Waals surface area (Å²) in [5, 5.41) is 0.407. The van der Waals surface area contributed by atoms with E-state index in [0.717, 1.165) is 0 Å². The van der Waals surface area contributed by atoms with Crippen molar-refractivity contribution in [2.45, 2.75) is 0 Å². The molecule has 0 saturated heterocycles. The van der Waals surface area contributed by atoms with Gasteiger partial charge in [-0.05, 0) is 0 Å². The molecule has 0 saturated carbocycles. The average molecular weight is 172 g/mol. The molecule has 4 nitrogen and oxygen atoms in total. The molecule has 0 aliphatic rings. The Balaban J connectivity index is 2.69. The number of carbonyl (C=O) groups excluding carboxylic acids is 1. The molecule has 1 rings (SSSR count). The molecule has 2 N–H and O–H groups in total. The lowest BCUT2D eigenvalue weighted by atomic mass is 10.4. The molecule has 0 unspecified atom stereocenters. The van der Waals surface area contributed by atoms with Crippen LogP contribution in [0.5, 0.6) is 0 Å². The number of hydrogen-bond donors (Lipinski definition) is 1. The fourth-order valence-electron chi connectivity index (χ4n) is 0.619. The van der Waals surface area contributed by atoms with Crippen LogP contribution in [-0.2, 0) is 4.74 Å². The zero-order valence-corrected chi connectivity index (χ0v) is 6.85. The Morgan fingerprint density at radius 3 is 3.09 bits per heavy atom. The lowest BCUT2D eigenvalue weighted by Crippen LogP contribution is -2.04. The molecule has 0 aromatic carbocycles. The van der Waals surface area contributed by atoms with Gasteiger partial charge in [-0.3, -0.25) is 4.79 Å². The van der Waals surface area contributed by atoms with Crippen LogP contribution in [0.4, 0.5) is 5.13 Å². The van der Waals surface area contributed by atoms with Crippen molar-refractivity contribution in [2.24, 2.45) is 0 Å². The van der Waals surface area contributed by atoms with Crippen LogP contribution in [0.1, 0.15) is 9.67 Å². The SMILES string of the molecule is COCC(=O)c1cnc(N)s1. The predicted molar refractivity (Wildman–Crippen MR) is 42.7 cm³/mol. The van der Waals surface area contributed by atoms with E-state index in [1.807, 2.05) is 0 Å². The molecular formula is C6H8N2O2S. The van der Waals surface area contributed by atoms with Crippen molar-refractivity contribution in [3.8, 4) is 0 Å². The van der Waals surface area contributed by atoms with Crippen LogP contribution < -0.4 is 5.73 Å². The molecule has 0 fully saturated rings. The Morgan fingerprint density at radius 2 is 2.64 bits per heavy atom. The maximum absolute atomic E-state index is 11.0. The van der Waals surface area contributed by atoms with Crippen molar-refractivity contribution in [3.63, 3.8) is 0 Å². The van der Waals surface area contributed by atoms with E-state index >= 15 is 0 Å². The van der Waals surface area contributed by atoms with E-state index in [1.54, 1.807) is 0 Å². The second-order valence-electron chi connectivity index (χ2n) is 1.92. The number of nitrogens with two attached hydrogens (primary N) is 1. The summed E-state index contributed by atoms with van der Waals surface area (Å²) in [5.74, 6) is -0.0818. The van der Waals surface area contributed by atoms with Gasteiger partial charge in [0.1, 0.15) is 6.61 Å². The summed E-state index contributed by atoms with van der Waals surface area (Å²) < 4.78 is 4.66. The van der Waals surface area contributed by atoms with Gasteiger partial charge in [0.25, 0.3) is 0 Å². The first-order valence-electron chi connectivity index (χ1n) is 2.97. The van der Waals surface area contributed by atoms with Gasteiger partial charge < -0.3 is 10.5 Å². The second kappa shape index (κ2) is 3.45. The van der Waals surface area contributed by atoms with Crippen LogP contribution in [0.2, 0.25) is 0 Å². The maximum atomic E-state index is 11.0. The van der Waals surface area contributed by atoms with Gasteiger partial charge >= 0.3 is 0 Å². The highest BCUT2D eigenvalue weighted by atomic mass is 32.1. The summed E-state index contributed by atoms with van der Waals surface area (Å²) in [7, 11) is 1.47. The van der Waals surface area contributed by atoms with E-state index in [9.17, 15) is 4.79 Å². The highest BCUT2D eigenvalue weighted by Gasteiger charge is 2.07. The van der Waals surface area contributed by atoms with Crippen molar-refractivity contribution in [1.29, 1.82) is 0 Å². The topological polar surface area (TPSA) is 65.2 Å². The van der Waals surface area contributed by atoms with Gasteiger partial charge in [0.15, 0.2) is 10.9 Å². The van der Waals surface area contributed by atoms with E-state index in [1.165, 1.54) is 24.6 Å². The van der Waals surface area contributed by atoms with Crippen LogP contribution in [0.25, 0.3) is 0 Å². The molecule has 0 spiro atoms. The zero-order chi connectivity index (χ0) is 8.27. The number of aromatic nitrogens is 1. The number of anilines is 1. The number of rotatable bonds is 3. The van der Waals surface area contributed by atoms with Gasteiger partial charge in [-0.1, -0.05) is 11.3 Å². The minimum absolute atomic E-state index is 0.0818. The second-order valence-corrected chi connectivity index (χ2v) is 2.98. The van der Waals surface area contributed by atoms with E-state index < -0.39 is 0 Å². The third kappa shape index (κ3) is 1.99. The molecule has 0 bridgehead atoms. The Hall–Kier alpha value is -0.940. The Morgan fingerprint density at radius 1 is 1.91 bits per heavy atom. The summed E-state index contributed by atoms with van der Waals surface area (Å²) in [4.78, 5) is 15.3. The number of Topliss-reactive ketones (excluding diaryl/α,β-unsaturated/α-hetero) is 1. The lowest BCUT2D eigenvalue weighted by Gasteiger charge is -1.91. The van der Waals surface area contributed by atoms with Crippen LogP contribution >= 0.6 is 11.3 Å². The molecule has 0 amide bonds. The fourth-order valence-corrected chi connectivity index (χ4v) is 1.23.